The number of aromatic amines is 1. The normalized spacial score (nSPS) is 13.4. The maximum absolute atomic E-state index is 3.84. The second kappa shape index (κ2) is 3.98. The van der Waals surface area contributed by atoms with E-state index >= 15 is 0 Å². The third kappa shape index (κ3) is 2.70. The summed E-state index contributed by atoms with van der Waals surface area (Å²) in [5.74, 6) is 0. The monoisotopic (exact) mass is 244 g/mol. The van der Waals surface area contributed by atoms with E-state index in [9.17, 15) is 0 Å². The molecule has 3 radical (unpaired) electrons. The zero-order chi connectivity index (χ0) is 7.40. The minimum absolute atomic E-state index is 0.621. The SMILES string of the molecule is C[CH]([Sn])NCc1ccn[nH]1. The molecule has 0 spiro atoms. The summed E-state index contributed by atoms with van der Waals surface area (Å²) in [6.45, 7) is 3.06. The molecule has 0 saturated heterocycles. The quantitative estimate of drug-likeness (QED) is 0.734. The van der Waals surface area contributed by atoms with Crippen LogP contribution >= 0.6 is 0 Å². The third-order valence-corrected chi connectivity index (χ3v) is 1.74. The molecule has 0 fully saturated rings. The molecule has 0 saturated carbocycles. The summed E-state index contributed by atoms with van der Waals surface area (Å²) < 4.78 is 0.621. The molecule has 10 heavy (non-hydrogen) atoms. The van der Waals surface area contributed by atoms with E-state index in [0.29, 0.717) is 4.06 Å². The molecule has 53 valence electrons. The van der Waals surface area contributed by atoms with Crippen LogP contribution in [0.25, 0.3) is 0 Å². The maximum atomic E-state index is 3.84. The van der Waals surface area contributed by atoms with Gasteiger partial charge in [0.05, 0.1) is 0 Å². The number of rotatable bonds is 3. The van der Waals surface area contributed by atoms with Crippen LogP contribution in [0.2, 0.25) is 0 Å². The summed E-state index contributed by atoms with van der Waals surface area (Å²) in [6.07, 6.45) is 1.77. The van der Waals surface area contributed by atoms with E-state index in [1.165, 1.54) is 22.5 Å². The second-order valence-corrected chi connectivity index (χ2v) is 4.66. The van der Waals surface area contributed by atoms with Gasteiger partial charge in [-0.3, -0.25) is 0 Å². The Morgan fingerprint density at radius 1 is 1.90 bits per heavy atom. The van der Waals surface area contributed by atoms with E-state index in [0.717, 1.165) is 12.2 Å². The van der Waals surface area contributed by atoms with Gasteiger partial charge in [0.25, 0.3) is 0 Å². The summed E-state index contributed by atoms with van der Waals surface area (Å²) in [4.78, 5) is 0. The number of nitrogens with one attached hydrogen (secondary N) is 2. The van der Waals surface area contributed by atoms with Gasteiger partial charge in [-0.05, 0) is 0 Å². The molecule has 0 aliphatic heterocycles. The van der Waals surface area contributed by atoms with Gasteiger partial charge in [0, 0.05) is 0 Å². The molecule has 0 bridgehead atoms. The molecule has 0 aromatic carbocycles. The van der Waals surface area contributed by atoms with Crippen molar-refractivity contribution in [2.45, 2.75) is 17.5 Å². The molecule has 2 N–H and O–H groups in total. The Bertz CT molecular complexity index is 171. The fraction of sp³-hybridized carbons (Fsp3) is 0.500. The van der Waals surface area contributed by atoms with E-state index in [4.69, 9.17) is 0 Å². The number of nitrogens with zero attached hydrogens (tertiary/aromatic N) is 1. The van der Waals surface area contributed by atoms with Gasteiger partial charge in [0.15, 0.2) is 0 Å². The topological polar surface area (TPSA) is 40.7 Å². The van der Waals surface area contributed by atoms with Crippen molar-refractivity contribution >= 4 is 22.5 Å². The number of H-pyrrole nitrogens is 1. The molecular formula is C6H10N3Sn. The predicted octanol–water partition coefficient (Wildman–Crippen LogP) is 0.0138. The molecule has 3 nitrogen and oxygen atoms in total. The van der Waals surface area contributed by atoms with Crippen LogP contribution in [-0.4, -0.2) is 36.8 Å². The average Bonchev–Trinajstić information content (AvgIpc) is 2.34. The fourth-order valence-corrected chi connectivity index (χ4v) is 0.937. The molecule has 1 aromatic heterocycles. The second-order valence-electron chi connectivity index (χ2n) is 2.18. The van der Waals surface area contributed by atoms with Crippen LogP contribution in [0, 0.1) is 0 Å². The van der Waals surface area contributed by atoms with Crippen LogP contribution in [0.3, 0.4) is 0 Å². The van der Waals surface area contributed by atoms with Gasteiger partial charge >= 0.3 is 73.5 Å². The molecule has 1 atom stereocenters. The summed E-state index contributed by atoms with van der Waals surface area (Å²) >= 11 is 1.52. The third-order valence-electron chi connectivity index (χ3n) is 1.16. The molecule has 0 aliphatic carbocycles. The van der Waals surface area contributed by atoms with E-state index in [1.54, 1.807) is 6.20 Å². The van der Waals surface area contributed by atoms with Gasteiger partial charge < -0.3 is 0 Å². The number of hydrogen-bond acceptors (Lipinski definition) is 2. The Hall–Kier alpha value is -0.0313. The van der Waals surface area contributed by atoms with Crippen LogP contribution in [0.1, 0.15) is 12.6 Å². The Morgan fingerprint density at radius 3 is 3.20 bits per heavy atom. The van der Waals surface area contributed by atoms with Gasteiger partial charge in [0.2, 0.25) is 0 Å². The molecule has 1 heterocycles. The van der Waals surface area contributed by atoms with E-state index < -0.39 is 0 Å². The zero-order valence-electron chi connectivity index (χ0n) is 5.89. The van der Waals surface area contributed by atoms with Crippen LogP contribution in [0.15, 0.2) is 12.3 Å². The zero-order valence-corrected chi connectivity index (χ0v) is 8.74. The van der Waals surface area contributed by atoms with Gasteiger partial charge in [0.1, 0.15) is 0 Å². The predicted molar refractivity (Wildman–Crippen MR) is 40.6 cm³/mol. The van der Waals surface area contributed by atoms with Crippen molar-refractivity contribution in [2.24, 2.45) is 0 Å². The fourth-order valence-electron chi connectivity index (χ4n) is 0.646. The van der Waals surface area contributed by atoms with Crippen LogP contribution in [-0.2, 0) is 6.54 Å². The Kier molecular flexibility index (Phi) is 3.21. The Labute approximate surface area is 73.7 Å². The van der Waals surface area contributed by atoms with Crippen LogP contribution in [0.5, 0.6) is 0 Å². The Morgan fingerprint density at radius 2 is 2.70 bits per heavy atom. The summed E-state index contributed by atoms with van der Waals surface area (Å²) in [6, 6.07) is 1.98. The van der Waals surface area contributed by atoms with E-state index in [-0.39, 0.29) is 0 Å². The van der Waals surface area contributed by atoms with Crippen molar-refractivity contribution in [3.63, 3.8) is 0 Å². The van der Waals surface area contributed by atoms with Crippen LogP contribution < -0.4 is 5.32 Å². The van der Waals surface area contributed by atoms with Crippen molar-refractivity contribution in [3.8, 4) is 0 Å². The Balaban J connectivity index is 2.28. The average molecular weight is 243 g/mol. The van der Waals surface area contributed by atoms with Crippen molar-refractivity contribution in [1.82, 2.24) is 15.5 Å². The first-order chi connectivity index (χ1) is 4.79. The molecule has 0 amide bonds. The first-order valence-corrected chi connectivity index (χ1v) is 4.86. The summed E-state index contributed by atoms with van der Waals surface area (Å²) in [7, 11) is 0. The van der Waals surface area contributed by atoms with E-state index in [2.05, 4.69) is 22.4 Å². The molecule has 0 aliphatic rings. The molecule has 1 aromatic rings. The molecule has 4 heteroatoms. The van der Waals surface area contributed by atoms with Gasteiger partial charge in [-0.2, -0.15) is 0 Å². The standard InChI is InChI=1S/C6H10N3.Sn/c1-2-7-5-6-3-4-8-9-6;/h2-4,7H,5H2,1H3,(H,8,9);. The van der Waals surface area contributed by atoms with E-state index in [1.807, 2.05) is 6.07 Å². The van der Waals surface area contributed by atoms with Crippen molar-refractivity contribution < 1.29 is 0 Å². The van der Waals surface area contributed by atoms with Crippen LogP contribution in [0.4, 0.5) is 0 Å². The van der Waals surface area contributed by atoms with Crippen molar-refractivity contribution in [2.75, 3.05) is 0 Å². The first kappa shape index (κ1) is 8.07. The summed E-state index contributed by atoms with van der Waals surface area (Å²) in [5.41, 5.74) is 1.15. The van der Waals surface area contributed by atoms with Crippen molar-refractivity contribution in [1.29, 1.82) is 0 Å². The molecular weight excluding hydrogens is 233 g/mol. The number of aromatic nitrogens is 2. The minimum atomic E-state index is 0.621. The number of hydrogen-bond donors (Lipinski definition) is 2. The van der Waals surface area contributed by atoms with Gasteiger partial charge in [-0.25, -0.2) is 0 Å². The van der Waals surface area contributed by atoms with Crippen molar-refractivity contribution in [3.05, 3.63) is 18.0 Å². The van der Waals surface area contributed by atoms with Gasteiger partial charge in [-0.1, -0.05) is 0 Å². The molecule has 1 unspecified atom stereocenters. The molecule has 1 rings (SSSR count). The first-order valence-electron chi connectivity index (χ1n) is 3.22. The van der Waals surface area contributed by atoms with Gasteiger partial charge in [-0.15, -0.1) is 0 Å². The summed E-state index contributed by atoms with van der Waals surface area (Å²) in [5, 5.41) is 10.0.